The van der Waals surface area contributed by atoms with E-state index in [1.807, 2.05) is 0 Å². The van der Waals surface area contributed by atoms with E-state index in [2.05, 4.69) is 10.0 Å². The van der Waals surface area contributed by atoms with Crippen molar-refractivity contribution in [1.82, 2.24) is 10.0 Å². The number of benzene rings is 1. The van der Waals surface area contributed by atoms with Crippen LogP contribution in [-0.4, -0.2) is 26.9 Å². The maximum absolute atomic E-state index is 13.5. The van der Waals surface area contributed by atoms with Gasteiger partial charge in [-0.05, 0) is 12.1 Å². The first-order chi connectivity index (χ1) is 8.79. The number of carbonyl (C=O) groups is 1. The van der Waals surface area contributed by atoms with E-state index in [1.54, 1.807) is 0 Å². The van der Waals surface area contributed by atoms with E-state index >= 15 is 0 Å². The molecule has 0 aliphatic carbocycles. The van der Waals surface area contributed by atoms with Gasteiger partial charge in [-0.15, -0.1) is 0 Å². The lowest BCUT2D eigenvalue weighted by atomic mass is 10.3. The minimum absolute atomic E-state index is 0.0500. The highest BCUT2D eigenvalue weighted by Gasteiger charge is 2.29. The lowest BCUT2D eigenvalue weighted by Gasteiger charge is -2.12. The zero-order chi connectivity index (χ0) is 14.2. The van der Waals surface area contributed by atoms with Gasteiger partial charge in [0.15, 0.2) is 11.6 Å². The van der Waals surface area contributed by atoms with Crippen LogP contribution in [0.15, 0.2) is 17.0 Å². The van der Waals surface area contributed by atoms with Crippen molar-refractivity contribution in [1.29, 1.82) is 0 Å². The molecule has 1 aliphatic heterocycles. The summed E-state index contributed by atoms with van der Waals surface area (Å²) in [5.74, 6) is -3.16. The fourth-order valence-electron chi connectivity index (χ4n) is 1.75. The highest BCUT2D eigenvalue weighted by Crippen LogP contribution is 2.21. The van der Waals surface area contributed by atoms with Gasteiger partial charge in [-0.25, -0.2) is 21.9 Å². The normalized spacial score (nSPS) is 19.5. The highest BCUT2D eigenvalue weighted by atomic mass is 32.2. The molecule has 19 heavy (non-hydrogen) atoms. The number of amides is 1. The molecule has 1 atom stereocenters. The zero-order valence-electron chi connectivity index (χ0n) is 9.61. The quantitative estimate of drug-likeness (QED) is 0.666. The van der Waals surface area contributed by atoms with E-state index in [0.717, 1.165) is 6.07 Å². The third-order valence-electron chi connectivity index (χ3n) is 2.61. The maximum Gasteiger partial charge on any atom is 0.243 e. The van der Waals surface area contributed by atoms with Gasteiger partial charge in [-0.1, -0.05) is 0 Å². The van der Waals surface area contributed by atoms with E-state index in [-0.39, 0.29) is 24.6 Å². The Bertz CT molecular complexity index is 633. The molecule has 1 saturated heterocycles. The van der Waals surface area contributed by atoms with E-state index in [1.165, 1.54) is 0 Å². The van der Waals surface area contributed by atoms with Crippen LogP contribution in [0.5, 0.6) is 0 Å². The summed E-state index contributed by atoms with van der Waals surface area (Å²) in [6.07, 6.45) is -0.0500. The number of nitrogens with two attached hydrogens (primary N) is 1. The molecule has 6 nitrogen and oxygen atoms in total. The molecule has 1 amide bonds. The van der Waals surface area contributed by atoms with Gasteiger partial charge < -0.3 is 11.1 Å². The monoisotopic (exact) mass is 291 g/mol. The molecule has 1 aromatic rings. The number of carbonyl (C=O) groups excluding carboxylic acids is 1. The predicted molar refractivity (Wildman–Crippen MR) is 62.5 cm³/mol. The number of sulfonamides is 1. The van der Waals surface area contributed by atoms with Crippen LogP contribution < -0.4 is 15.8 Å². The SMILES string of the molecule is Nc1cc(F)c(F)c(S(=O)(=O)NC2CNC(=O)C2)c1. The van der Waals surface area contributed by atoms with Gasteiger partial charge in [0.05, 0.1) is 0 Å². The third kappa shape index (κ3) is 2.82. The number of hydrogen-bond donors (Lipinski definition) is 3. The molecule has 0 bridgehead atoms. The molecular weight excluding hydrogens is 280 g/mol. The molecule has 104 valence electrons. The Hall–Kier alpha value is -1.74. The van der Waals surface area contributed by atoms with Crippen LogP contribution in [0.2, 0.25) is 0 Å². The lowest BCUT2D eigenvalue weighted by Crippen LogP contribution is -2.36. The van der Waals surface area contributed by atoms with Crippen molar-refractivity contribution >= 4 is 21.6 Å². The topological polar surface area (TPSA) is 101 Å². The Morgan fingerprint density at radius 2 is 2.05 bits per heavy atom. The number of rotatable bonds is 3. The molecule has 0 saturated carbocycles. The Morgan fingerprint density at radius 3 is 2.63 bits per heavy atom. The molecule has 0 radical (unpaired) electrons. The summed E-state index contributed by atoms with van der Waals surface area (Å²) in [4.78, 5) is 10.1. The summed E-state index contributed by atoms with van der Waals surface area (Å²) in [5, 5.41) is 2.42. The Kier molecular flexibility index (Phi) is 3.42. The molecule has 4 N–H and O–H groups in total. The van der Waals surface area contributed by atoms with Gasteiger partial charge in [-0.3, -0.25) is 4.79 Å². The first-order valence-electron chi connectivity index (χ1n) is 5.33. The first kappa shape index (κ1) is 13.7. The zero-order valence-corrected chi connectivity index (χ0v) is 10.4. The molecule has 1 aliphatic rings. The highest BCUT2D eigenvalue weighted by molar-refractivity contribution is 7.89. The standard InChI is InChI=1S/C10H11F2N3O3S/c11-7-1-5(13)2-8(10(7)12)19(17,18)15-6-3-9(16)14-4-6/h1-2,6,15H,3-4,13H2,(H,14,16). The van der Waals surface area contributed by atoms with Crippen LogP contribution in [0, 0.1) is 11.6 Å². The lowest BCUT2D eigenvalue weighted by molar-refractivity contribution is -0.119. The van der Waals surface area contributed by atoms with E-state index < -0.39 is 32.6 Å². The number of hydrogen-bond acceptors (Lipinski definition) is 4. The van der Waals surface area contributed by atoms with Gasteiger partial charge in [0.1, 0.15) is 4.90 Å². The summed E-state index contributed by atoms with van der Waals surface area (Å²) in [5.41, 5.74) is 5.08. The molecule has 1 unspecified atom stereocenters. The smallest absolute Gasteiger partial charge is 0.243 e. The van der Waals surface area contributed by atoms with Crippen molar-refractivity contribution in [2.24, 2.45) is 0 Å². The number of nitrogens with one attached hydrogen (secondary N) is 2. The van der Waals surface area contributed by atoms with Crippen LogP contribution in [0.4, 0.5) is 14.5 Å². The molecule has 1 fully saturated rings. The fraction of sp³-hybridized carbons (Fsp3) is 0.300. The van der Waals surface area contributed by atoms with Crippen LogP contribution >= 0.6 is 0 Å². The van der Waals surface area contributed by atoms with Gasteiger partial charge in [0.2, 0.25) is 15.9 Å². The van der Waals surface area contributed by atoms with Crippen LogP contribution in [0.1, 0.15) is 6.42 Å². The van der Waals surface area contributed by atoms with Crippen molar-refractivity contribution in [2.45, 2.75) is 17.4 Å². The molecule has 1 heterocycles. The maximum atomic E-state index is 13.5. The predicted octanol–water partition coefficient (Wildman–Crippen LogP) is -0.286. The van der Waals surface area contributed by atoms with Crippen LogP contribution in [0.3, 0.4) is 0 Å². The summed E-state index contributed by atoms with van der Waals surface area (Å²) in [6, 6.07) is 0.821. The van der Waals surface area contributed by atoms with Crippen LogP contribution in [0.25, 0.3) is 0 Å². The summed E-state index contributed by atoms with van der Waals surface area (Å²) < 4.78 is 52.6. The number of anilines is 1. The average Bonchev–Trinajstić information content (AvgIpc) is 2.68. The molecule has 0 aromatic heterocycles. The molecule has 0 spiro atoms. The van der Waals surface area contributed by atoms with Crippen molar-refractivity contribution in [3.05, 3.63) is 23.8 Å². The van der Waals surface area contributed by atoms with Gasteiger partial charge in [0.25, 0.3) is 0 Å². The largest absolute Gasteiger partial charge is 0.399 e. The van der Waals surface area contributed by atoms with Crippen molar-refractivity contribution in [3.8, 4) is 0 Å². The number of nitrogen functional groups attached to an aromatic ring is 1. The van der Waals surface area contributed by atoms with E-state index in [4.69, 9.17) is 5.73 Å². The molecular formula is C10H11F2N3O3S. The Labute approximate surface area is 108 Å². The summed E-state index contributed by atoms with van der Waals surface area (Å²) in [6.45, 7) is 0.102. The molecule has 1 aromatic carbocycles. The molecule has 9 heteroatoms. The second-order valence-corrected chi connectivity index (χ2v) is 5.82. The van der Waals surface area contributed by atoms with Crippen molar-refractivity contribution in [3.63, 3.8) is 0 Å². The van der Waals surface area contributed by atoms with Crippen molar-refractivity contribution in [2.75, 3.05) is 12.3 Å². The second kappa shape index (κ2) is 4.74. The minimum Gasteiger partial charge on any atom is -0.399 e. The van der Waals surface area contributed by atoms with Gasteiger partial charge >= 0.3 is 0 Å². The Morgan fingerprint density at radius 1 is 1.37 bits per heavy atom. The molecule has 2 rings (SSSR count). The number of halogens is 2. The van der Waals surface area contributed by atoms with Gasteiger partial charge in [0, 0.05) is 24.7 Å². The van der Waals surface area contributed by atoms with E-state index in [9.17, 15) is 22.0 Å². The fourth-order valence-corrected chi connectivity index (χ4v) is 3.11. The van der Waals surface area contributed by atoms with Crippen molar-refractivity contribution < 1.29 is 22.0 Å². The Balaban J connectivity index is 2.32. The second-order valence-electron chi connectivity index (χ2n) is 4.14. The van der Waals surface area contributed by atoms with Gasteiger partial charge in [-0.2, -0.15) is 0 Å². The first-order valence-corrected chi connectivity index (χ1v) is 6.81. The average molecular weight is 291 g/mol. The third-order valence-corrected chi connectivity index (χ3v) is 4.13. The van der Waals surface area contributed by atoms with Crippen LogP contribution in [-0.2, 0) is 14.8 Å². The minimum atomic E-state index is -4.28. The summed E-state index contributed by atoms with van der Waals surface area (Å²) in [7, 11) is -4.28. The summed E-state index contributed by atoms with van der Waals surface area (Å²) >= 11 is 0. The van der Waals surface area contributed by atoms with E-state index in [0.29, 0.717) is 6.07 Å².